The van der Waals surface area contributed by atoms with Crippen LogP contribution in [0, 0.1) is 0 Å². The number of carbonyl (C=O) groups excluding carboxylic acids is 2. The van der Waals surface area contributed by atoms with E-state index in [0.717, 1.165) is 10.9 Å². The molecule has 2 aromatic carbocycles. The van der Waals surface area contributed by atoms with Crippen molar-refractivity contribution in [1.82, 2.24) is 4.57 Å². The maximum Gasteiger partial charge on any atom is 0.339 e. The number of hydrogen-bond acceptors (Lipinski definition) is 4. The number of nitrogens with zero attached hydrogens (tertiary/aromatic N) is 1. The molecule has 4 aromatic rings. The Morgan fingerprint density at radius 3 is 2.57 bits per heavy atom. The van der Waals surface area contributed by atoms with Crippen LogP contribution in [0.5, 0.6) is 0 Å². The third-order valence-electron chi connectivity index (χ3n) is 4.52. The van der Waals surface area contributed by atoms with Gasteiger partial charge in [-0.1, -0.05) is 36.4 Å². The van der Waals surface area contributed by atoms with Gasteiger partial charge in [0.25, 0.3) is 5.91 Å². The molecule has 2 heterocycles. The van der Waals surface area contributed by atoms with Crippen molar-refractivity contribution in [3.63, 3.8) is 0 Å². The van der Waals surface area contributed by atoms with Crippen molar-refractivity contribution in [3.8, 4) is 0 Å². The normalized spacial score (nSPS) is 10.8. The molecule has 5 nitrogen and oxygen atoms in total. The van der Waals surface area contributed by atoms with Gasteiger partial charge < -0.3 is 14.6 Å². The van der Waals surface area contributed by atoms with Gasteiger partial charge in [0.15, 0.2) is 0 Å². The van der Waals surface area contributed by atoms with Gasteiger partial charge in [0, 0.05) is 22.0 Å². The number of methoxy groups -OCH3 is 1. The summed E-state index contributed by atoms with van der Waals surface area (Å²) in [6, 6.07) is 18.7. The molecule has 1 amide bonds. The molecule has 0 atom stereocenters. The van der Waals surface area contributed by atoms with Crippen LogP contribution in [-0.2, 0) is 11.3 Å². The summed E-state index contributed by atoms with van der Waals surface area (Å²) in [6.45, 7) is 0.699. The largest absolute Gasteiger partial charge is 0.465 e. The quantitative estimate of drug-likeness (QED) is 0.499. The number of aromatic nitrogens is 1. The molecule has 0 unspecified atom stereocenters. The number of esters is 1. The van der Waals surface area contributed by atoms with Crippen molar-refractivity contribution in [2.45, 2.75) is 6.54 Å². The first-order valence-electron chi connectivity index (χ1n) is 8.76. The van der Waals surface area contributed by atoms with E-state index in [9.17, 15) is 9.59 Å². The standard InChI is InChI=1S/C22H18N2O3S/c1-27-22(26)17-9-2-4-10-19(17)23-21(25)18-14-24(13-15-7-6-12-28-15)20-11-5-3-8-16(18)20/h2-12,14H,13H2,1H3,(H,23,25). The SMILES string of the molecule is COC(=O)c1ccccc1NC(=O)c1cn(Cc2cccs2)c2ccccc12. The van der Waals surface area contributed by atoms with Gasteiger partial charge >= 0.3 is 5.97 Å². The molecule has 0 radical (unpaired) electrons. The van der Waals surface area contributed by atoms with Crippen LogP contribution >= 0.6 is 11.3 Å². The number of carbonyl (C=O) groups is 2. The average molecular weight is 390 g/mol. The van der Waals surface area contributed by atoms with E-state index in [1.807, 2.05) is 41.9 Å². The highest BCUT2D eigenvalue weighted by atomic mass is 32.1. The minimum Gasteiger partial charge on any atom is -0.465 e. The second-order valence-electron chi connectivity index (χ2n) is 6.26. The van der Waals surface area contributed by atoms with Crippen LogP contribution in [0.25, 0.3) is 10.9 Å². The van der Waals surface area contributed by atoms with Crippen molar-refractivity contribution in [3.05, 3.63) is 88.2 Å². The first-order chi connectivity index (χ1) is 13.7. The zero-order valence-electron chi connectivity index (χ0n) is 15.2. The molecule has 0 aliphatic carbocycles. The van der Waals surface area contributed by atoms with Crippen LogP contribution in [0.15, 0.2) is 72.2 Å². The molecule has 0 fully saturated rings. The summed E-state index contributed by atoms with van der Waals surface area (Å²) in [6.07, 6.45) is 1.86. The number of hydrogen-bond donors (Lipinski definition) is 1. The lowest BCUT2D eigenvalue weighted by Gasteiger charge is -2.09. The minimum absolute atomic E-state index is 0.266. The smallest absolute Gasteiger partial charge is 0.339 e. The highest BCUT2D eigenvalue weighted by Crippen LogP contribution is 2.25. The van der Waals surface area contributed by atoms with Gasteiger partial charge in [0.2, 0.25) is 0 Å². The van der Waals surface area contributed by atoms with Gasteiger partial charge in [-0.25, -0.2) is 4.79 Å². The average Bonchev–Trinajstić information content (AvgIpc) is 3.36. The number of rotatable bonds is 5. The molecule has 140 valence electrons. The van der Waals surface area contributed by atoms with E-state index in [0.29, 0.717) is 23.4 Å². The Kier molecular flexibility index (Phi) is 4.95. The molecule has 6 heteroatoms. The van der Waals surface area contributed by atoms with Crippen molar-refractivity contribution >= 4 is 39.8 Å². The summed E-state index contributed by atoms with van der Waals surface area (Å²) in [5.41, 5.74) is 2.30. The molecule has 0 aliphatic rings. The van der Waals surface area contributed by atoms with Gasteiger partial charge in [-0.3, -0.25) is 4.79 Å². The second-order valence-corrected chi connectivity index (χ2v) is 7.29. The Hall–Kier alpha value is -3.38. The zero-order chi connectivity index (χ0) is 19.5. The first-order valence-corrected chi connectivity index (χ1v) is 9.64. The molecular weight excluding hydrogens is 372 g/mol. The van der Waals surface area contributed by atoms with E-state index < -0.39 is 5.97 Å². The zero-order valence-corrected chi connectivity index (χ0v) is 16.0. The van der Waals surface area contributed by atoms with E-state index in [1.54, 1.807) is 35.6 Å². The lowest BCUT2D eigenvalue weighted by Crippen LogP contribution is -2.15. The molecule has 0 saturated heterocycles. The van der Waals surface area contributed by atoms with E-state index in [2.05, 4.69) is 16.0 Å². The van der Waals surface area contributed by atoms with Crippen molar-refractivity contribution in [2.24, 2.45) is 0 Å². The predicted molar refractivity (Wildman–Crippen MR) is 111 cm³/mol. The number of anilines is 1. The molecule has 28 heavy (non-hydrogen) atoms. The number of para-hydroxylation sites is 2. The van der Waals surface area contributed by atoms with Crippen LogP contribution < -0.4 is 5.32 Å². The summed E-state index contributed by atoms with van der Waals surface area (Å²) < 4.78 is 6.88. The van der Waals surface area contributed by atoms with Crippen molar-refractivity contribution in [1.29, 1.82) is 0 Å². The van der Waals surface area contributed by atoms with E-state index >= 15 is 0 Å². The predicted octanol–water partition coefficient (Wildman–Crippen LogP) is 4.79. The molecule has 1 N–H and O–H groups in total. The third kappa shape index (κ3) is 3.42. The summed E-state index contributed by atoms with van der Waals surface area (Å²) in [4.78, 5) is 26.2. The van der Waals surface area contributed by atoms with E-state index in [1.165, 1.54) is 12.0 Å². The highest BCUT2D eigenvalue weighted by Gasteiger charge is 2.18. The fourth-order valence-electron chi connectivity index (χ4n) is 3.20. The molecule has 0 spiro atoms. The van der Waals surface area contributed by atoms with Crippen LogP contribution in [-0.4, -0.2) is 23.6 Å². The number of thiophene rings is 1. The number of amides is 1. The lowest BCUT2D eigenvalue weighted by atomic mass is 10.1. The Morgan fingerprint density at radius 2 is 1.79 bits per heavy atom. The van der Waals surface area contributed by atoms with Gasteiger partial charge in [0.05, 0.1) is 30.5 Å². The first kappa shape index (κ1) is 18.0. The Labute approximate surface area is 166 Å². The molecule has 0 aliphatic heterocycles. The van der Waals surface area contributed by atoms with E-state index in [4.69, 9.17) is 4.74 Å². The van der Waals surface area contributed by atoms with E-state index in [-0.39, 0.29) is 5.91 Å². The fourth-order valence-corrected chi connectivity index (χ4v) is 3.90. The number of fused-ring (bicyclic) bond motifs is 1. The molecule has 4 rings (SSSR count). The highest BCUT2D eigenvalue weighted by molar-refractivity contribution is 7.09. The van der Waals surface area contributed by atoms with Crippen molar-refractivity contribution < 1.29 is 14.3 Å². The van der Waals surface area contributed by atoms with Gasteiger partial charge in [-0.2, -0.15) is 0 Å². The number of nitrogens with one attached hydrogen (secondary N) is 1. The van der Waals surface area contributed by atoms with Gasteiger partial charge in [-0.05, 0) is 29.6 Å². The third-order valence-corrected chi connectivity index (χ3v) is 5.38. The van der Waals surface area contributed by atoms with Gasteiger partial charge in [-0.15, -0.1) is 11.3 Å². The maximum atomic E-state index is 13.0. The monoisotopic (exact) mass is 390 g/mol. The van der Waals surface area contributed by atoms with Gasteiger partial charge in [0.1, 0.15) is 0 Å². The Morgan fingerprint density at radius 1 is 1.00 bits per heavy atom. The number of ether oxygens (including phenoxy) is 1. The van der Waals surface area contributed by atoms with Crippen LogP contribution in [0.4, 0.5) is 5.69 Å². The lowest BCUT2D eigenvalue weighted by molar-refractivity contribution is 0.0602. The molecule has 0 saturated carbocycles. The summed E-state index contributed by atoms with van der Waals surface area (Å²) >= 11 is 1.68. The molecule has 0 bridgehead atoms. The summed E-state index contributed by atoms with van der Waals surface area (Å²) in [5, 5.41) is 5.76. The number of benzene rings is 2. The van der Waals surface area contributed by atoms with Crippen LogP contribution in [0.3, 0.4) is 0 Å². The fraction of sp³-hybridized carbons (Fsp3) is 0.0909. The Balaban J connectivity index is 1.70. The second kappa shape index (κ2) is 7.70. The molecular formula is C22H18N2O3S. The minimum atomic E-state index is -0.490. The maximum absolute atomic E-state index is 13.0. The van der Waals surface area contributed by atoms with Crippen molar-refractivity contribution in [2.75, 3.05) is 12.4 Å². The Bertz CT molecular complexity index is 1150. The summed E-state index contributed by atoms with van der Waals surface area (Å²) in [7, 11) is 1.32. The topological polar surface area (TPSA) is 60.3 Å². The van der Waals surface area contributed by atoms with Crippen LogP contribution in [0.1, 0.15) is 25.6 Å². The van der Waals surface area contributed by atoms with Crippen LogP contribution in [0.2, 0.25) is 0 Å². The molecule has 2 aromatic heterocycles. The summed E-state index contributed by atoms with van der Waals surface area (Å²) in [5.74, 6) is -0.756.